The van der Waals surface area contributed by atoms with E-state index in [4.69, 9.17) is 4.98 Å². The van der Waals surface area contributed by atoms with Crippen molar-refractivity contribution in [3.63, 3.8) is 0 Å². The van der Waals surface area contributed by atoms with Crippen molar-refractivity contribution >= 4 is 11.9 Å². The van der Waals surface area contributed by atoms with Crippen LogP contribution in [0.4, 0.5) is 11.9 Å². The predicted octanol–water partition coefficient (Wildman–Crippen LogP) is 2.86. The molecule has 0 saturated heterocycles. The van der Waals surface area contributed by atoms with Crippen LogP contribution in [0.2, 0.25) is 0 Å². The third kappa shape index (κ3) is 2.71. The Kier molecular flexibility index (Phi) is 3.54. The molecule has 6 heteroatoms. The molecule has 0 fully saturated rings. The minimum atomic E-state index is 0.479. The molecule has 2 aromatic rings. The Balaban J connectivity index is 1.42. The van der Waals surface area contributed by atoms with E-state index >= 15 is 0 Å². The summed E-state index contributed by atoms with van der Waals surface area (Å²) in [7, 11) is 0. The lowest BCUT2D eigenvalue weighted by Crippen LogP contribution is -2.28. The second-order valence-corrected chi connectivity index (χ2v) is 7.29. The molecule has 0 spiro atoms. The standard InChI is InChI=1S/C17H26N6/c1-11(2)14-9-23-8-13(7-19-17(23)20-14)6-12(3)15-10-22-5-4-18-16(22)21-15/h9-13H,4-8H2,1-3H3,(H,18,21)(H,19,20)/t12-,13?/m0/s1. The van der Waals surface area contributed by atoms with E-state index in [2.05, 4.69) is 57.9 Å². The van der Waals surface area contributed by atoms with E-state index in [9.17, 15) is 0 Å². The highest BCUT2D eigenvalue weighted by Gasteiger charge is 2.24. The van der Waals surface area contributed by atoms with E-state index in [-0.39, 0.29) is 0 Å². The van der Waals surface area contributed by atoms with Crippen LogP contribution in [0, 0.1) is 5.92 Å². The number of nitrogens with zero attached hydrogens (tertiary/aromatic N) is 4. The number of rotatable bonds is 4. The fourth-order valence-electron chi connectivity index (χ4n) is 3.62. The van der Waals surface area contributed by atoms with Gasteiger partial charge in [-0.3, -0.25) is 0 Å². The maximum absolute atomic E-state index is 4.74. The number of hydrogen-bond acceptors (Lipinski definition) is 4. The molecule has 4 rings (SSSR count). The predicted molar refractivity (Wildman–Crippen MR) is 92.0 cm³/mol. The summed E-state index contributed by atoms with van der Waals surface area (Å²) in [5.74, 6) is 3.65. The Morgan fingerprint density at radius 2 is 1.83 bits per heavy atom. The van der Waals surface area contributed by atoms with Gasteiger partial charge in [0.1, 0.15) is 0 Å². The normalized spacial score (nSPS) is 20.8. The van der Waals surface area contributed by atoms with E-state index < -0.39 is 0 Å². The lowest BCUT2D eigenvalue weighted by Gasteiger charge is -2.26. The van der Waals surface area contributed by atoms with Crippen LogP contribution >= 0.6 is 0 Å². The molecule has 2 aliphatic heterocycles. The van der Waals surface area contributed by atoms with Gasteiger partial charge < -0.3 is 19.8 Å². The minimum Gasteiger partial charge on any atom is -0.355 e. The van der Waals surface area contributed by atoms with Crippen LogP contribution in [0.5, 0.6) is 0 Å². The Hall–Kier alpha value is -1.98. The van der Waals surface area contributed by atoms with Crippen LogP contribution < -0.4 is 10.6 Å². The molecular formula is C17H26N6. The van der Waals surface area contributed by atoms with Crippen molar-refractivity contribution in [2.75, 3.05) is 23.7 Å². The zero-order valence-corrected chi connectivity index (χ0v) is 14.2. The van der Waals surface area contributed by atoms with Gasteiger partial charge in [0.2, 0.25) is 11.9 Å². The molecule has 0 aliphatic carbocycles. The van der Waals surface area contributed by atoms with Crippen molar-refractivity contribution in [2.45, 2.75) is 52.1 Å². The SMILES string of the molecule is CC(C)c1cn2c(n1)NCC(C[C@H](C)c1cn3c(n1)NCC3)C2. The van der Waals surface area contributed by atoms with Crippen molar-refractivity contribution in [3.8, 4) is 0 Å². The number of anilines is 2. The van der Waals surface area contributed by atoms with Crippen LogP contribution in [0.3, 0.4) is 0 Å². The molecule has 124 valence electrons. The molecule has 2 atom stereocenters. The van der Waals surface area contributed by atoms with Gasteiger partial charge >= 0.3 is 0 Å². The fourth-order valence-corrected chi connectivity index (χ4v) is 3.62. The second kappa shape index (κ2) is 5.58. The van der Waals surface area contributed by atoms with Crippen molar-refractivity contribution in [3.05, 3.63) is 23.8 Å². The lowest BCUT2D eigenvalue weighted by atomic mass is 9.93. The summed E-state index contributed by atoms with van der Waals surface area (Å²) < 4.78 is 4.51. The van der Waals surface area contributed by atoms with Gasteiger partial charge in [-0.05, 0) is 18.3 Å². The first-order chi connectivity index (χ1) is 11.1. The smallest absolute Gasteiger partial charge is 0.203 e. The average molecular weight is 314 g/mol. The van der Waals surface area contributed by atoms with Crippen molar-refractivity contribution in [1.29, 1.82) is 0 Å². The maximum Gasteiger partial charge on any atom is 0.203 e. The van der Waals surface area contributed by atoms with Gasteiger partial charge in [-0.25, -0.2) is 9.97 Å². The van der Waals surface area contributed by atoms with E-state index in [0.29, 0.717) is 17.8 Å². The van der Waals surface area contributed by atoms with Crippen LogP contribution in [-0.4, -0.2) is 32.2 Å². The van der Waals surface area contributed by atoms with Gasteiger partial charge in [0.25, 0.3) is 0 Å². The van der Waals surface area contributed by atoms with Crippen molar-refractivity contribution in [1.82, 2.24) is 19.1 Å². The van der Waals surface area contributed by atoms with Gasteiger partial charge in [-0.15, -0.1) is 0 Å². The zero-order chi connectivity index (χ0) is 16.0. The molecule has 23 heavy (non-hydrogen) atoms. The zero-order valence-electron chi connectivity index (χ0n) is 14.2. The van der Waals surface area contributed by atoms with Gasteiger partial charge in [0.05, 0.1) is 11.4 Å². The molecule has 1 unspecified atom stereocenters. The number of aromatic nitrogens is 4. The fraction of sp³-hybridized carbons (Fsp3) is 0.647. The monoisotopic (exact) mass is 314 g/mol. The van der Waals surface area contributed by atoms with Gasteiger partial charge in [0.15, 0.2) is 0 Å². The first kappa shape index (κ1) is 14.6. The molecular weight excluding hydrogens is 288 g/mol. The van der Waals surface area contributed by atoms with E-state index in [1.807, 2.05) is 0 Å². The molecule has 0 bridgehead atoms. The molecule has 6 nitrogen and oxygen atoms in total. The topological polar surface area (TPSA) is 59.7 Å². The summed E-state index contributed by atoms with van der Waals surface area (Å²) >= 11 is 0. The summed E-state index contributed by atoms with van der Waals surface area (Å²) in [5, 5.41) is 6.83. The summed E-state index contributed by atoms with van der Waals surface area (Å²) in [6, 6.07) is 0. The Morgan fingerprint density at radius 3 is 2.61 bits per heavy atom. The van der Waals surface area contributed by atoms with Crippen molar-refractivity contribution < 1.29 is 0 Å². The lowest BCUT2D eigenvalue weighted by molar-refractivity contribution is 0.386. The molecule has 2 aliphatic rings. The first-order valence-corrected chi connectivity index (χ1v) is 8.72. The molecule has 4 heterocycles. The van der Waals surface area contributed by atoms with E-state index in [1.54, 1.807) is 0 Å². The Labute approximate surface area is 137 Å². The molecule has 2 aromatic heterocycles. The highest BCUT2D eigenvalue weighted by Crippen LogP contribution is 2.29. The summed E-state index contributed by atoms with van der Waals surface area (Å²) in [6.45, 7) is 10.8. The highest BCUT2D eigenvalue weighted by molar-refractivity contribution is 5.34. The molecule has 2 N–H and O–H groups in total. The number of fused-ring (bicyclic) bond motifs is 2. The van der Waals surface area contributed by atoms with Gasteiger partial charge in [0, 0.05) is 44.5 Å². The van der Waals surface area contributed by atoms with Crippen molar-refractivity contribution in [2.24, 2.45) is 5.92 Å². The molecule has 0 aromatic carbocycles. The minimum absolute atomic E-state index is 0.479. The maximum atomic E-state index is 4.74. The van der Waals surface area contributed by atoms with E-state index in [1.165, 1.54) is 11.4 Å². The van der Waals surface area contributed by atoms with Crippen LogP contribution in [0.1, 0.15) is 50.4 Å². The third-order valence-electron chi connectivity index (χ3n) is 5.01. The summed E-state index contributed by atoms with van der Waals surface area (Å²) in [5.41, 5.74) is 2.39. The van der Waals surface area contributed by atoms with Crippen LogP contribution in [-0.2, 0) is 13.1 Å². The largest absolute Gasteiger partial charge is 0.355 e. The molecule has 0 saturated carbocycles. The van der Waals surface area contributed by atoms with Crippen LogP contribution in [0.15, 0.2) is 12.4 Å². The first-order valence-electron chi connectivity index (χ1n) is 8.72. The second-order valence-electron chi connectivity index (χ2n) is 7.29. The van der Waals surface area contributed by atoms with Crippen LogP contribution in [0.25, 0.3) is 0 Å². The quantitative estimate of drug-likeness (QED) is 0.911. The number of nitrogens with one attached hydrogen (secondary N) is 2. The molecule has 0 amide bonds. The number of imidazole rings is 2. The van der Waals surface area contributed by atoms with Gasteiger partial charge in [-0.2, -0.15) is 0 Å². The highest BCUT2D eigenvalue weighted by atomic mass is 15.3. The van der Waals surface area contributed by atoms with Gasteiger partial charge in [-0.1, -0.05) is 20.8 Å². The van der Waals surface area contributed by atoms with E-state index in [0.717, 1.165) is 44.5 Å². The third-order valence-corrected chi connectivity index (χ3v) is 5.01. The summed E-state index contributed by atoms with van der Waals surface area (Å²) in [6.07, 6.45) is 5.58. The molecule has 0 radical (unpaired) electrons. The average Bonchev–Trinajstić information content (AvgIpc) is 3.20. The Morgan fingerprint density at radius 1 is 1.09 bits per heavy atom. The Bertz CT molecular complexity index is 677. The number of hydrogen-bond donors (Lipinski definition) is 2. The summed E-state index contributed by atoms with van der Waals surface area (Å²) in [4.78, 5) is 9.42.